The van der Waals surface area contributed by atoms with Crippen LogP contribution in [0.5, 0.6) is 0 Å². The predicted molar refractivity (Wildman–Crippen MR) is 248 cm³/mol. The number of oxazole rings is 2. The Kier molecular flexibility index (Phi) is 27.8. The summed E-state index contributed by atoms with van der Waals surface area (Å²) in [5.41, 5.74) is 1.42. The lowest BCUT2D eigenvalue weighted by molar-refractivity contribution is -0.326. The van der Waals surface area contributed by atoms with E-state index in [1.165, 1.54) is 49.8 Å². The highest BCUT2D eigenvalue weighted by molar-refractivity contribution is 9.10. The van der Waals surface area contributed by atoms with Crippen molar-refractivity contribution in [3.05, 3.63) is 48.9 Å². The van der Waals surface area contributed by atoms with Gasteiger partial charge in [-0.2, -0.15) is 41.3 Å². The molecule has 0 saturated carbocycles. The molecule has 4 amide bonds. The fraction of sp³-hybridized carbons (Fsp3) is 0.659. The average Bonchev–Trinajstić information content (AvgIpc) is 4.15. The number of unbranched alkanes of at least 4 members (excludes halogenated alkanes) is 9. The van der Waals surface area contributed by atoms with E-state index in [0.29, 0.717) is 55.0 Å². The van der Waals surface area contributed by atoms with Gasteiger partial charge in [0, 0.05) is 62.7 Å². The van der Waals surface area contributed by atoms with Crippen LogP contribution < -0.4 is 0 Å². The maximum atomic E-state index is 14.1. The third kappa shape index (κ3) is 21.9. The highest BCUT2D eigenvalue weighted by atomic mass is 79.9. The number of esters is 3. The number of ether oxygens (including phenoxy) is 3. The molecule has 2 saturated heterocycles. The van der Waals surface area contributed by atoms with Crippen LogP contribution in [0.4, 0.5) is 35.9 Å². The number of hydrogen-bond acceptors (Lipinski definition) is 15. The van der Waals surface area contributed by atoms with Crippen molar-refractivity contribution in [2.75, 3.05) is 52.6 Å². The van der Waals surface area contributed by atoms with Crippen LogP contribution in [0.25, 0.3) is 11.1 Å². The van der Waals surface area contributed by atoms with Gasteiger partial charge in [-0.15, -0.1) is 0 Å². The lowest BCUT2D eigenvalue weighted by atomic mass is 10.1. The number of aliphatic hydroxyl groups is 1. The van der Waals surface area contributed by atoms with Gasteiger partial charge < -0.3 is 38.0 Å². The van der Waals surface area contributed by atoms with E-state index in [0.717, 1.165) is 55.6 Å². The normalized spacial score (nSPS) is 17.0. The van der Waals surface area contributed by atoms with E-state index in [2.05, 4.69) is 35.9 Å². The summed E-state index contributed by atoms with van der Waals surface area (Å²) in [6.45, 7) is 9.23. The summed E-state index contributed by atoms with van der Waals surface area (Å²) in [6, 6.07) is -2.18. The molecule has 0 aliphatic carbocycles. The number of halogens is 8. The number of urea groups is 2. The highest BCUT2D eigenvalue weighted by Crippen LogP contribution is 2.33. The van der Waals surface area contributed by atoms with Gasteiger partial charge in [-0.1, -0.05) is 78.6 Å². The van der Waals surface area contributed by atoms with Gasteiger partial charge in [0.15, 0.2) is 0 Å². The third-order valence-corrected chi connectivity index (χ3v) is 10.6. The molecule has 2 aromatic rings. The zero-order chi connectivity index (χ0) is 53.2. The second-order valence-corrected chi connectivity index (χ2v) is 17.7. The molecule has 2 fully saturated rings. The Morgan fingerprint density at radius 3 is 1.51 bits per heavy atom. The average molecular weight is 1160 g/mol. The van der Waals surface area contributed by atoms with Crippen LogP contribution in [-0.4, -0.2) is 151 Å². The number of carbonyl (C=O) groups is 5. The van der Waals surface area contributed by atoms with Crippen LogP contribution in [0.3, 0.4) is 0 Å². The van der Waals surface area contributed by atoms with E-state index in [1.807, 2.05) is 51.8 Å². The van der Waals surface area contributed by atoms with Gasteiger partial charge in [0.2, 0.25) is 11.8 Å². The highest BCUT2D eigenvalue weighted by Gasteiger charge is 2.52. The van der Waals surface area contributed by atoms with Crippen LogP contribution >= 0.6 is 31.9 Å². The maximum absolute atomic E-state index is 14.1. The van der Waals surface area contributed by atoms with Crippen molar-refractivity contribution in [2.24, 2.45) is 0 Å². The number of fused-ring (bicyclic) bond motifs is 4. The quantitative estimate of drug-likeness (QED) is 0.0279. The van der Waals surface area contributed by atoms with Gasteiger partial charge in [-0.05, 0) is 38.3 Å². The molecule has 2 unspecified atom stereocenters. The largest absolute Gasteiger partial charge is 0.477 e. The summed E-state index contributed by atoms with van der Waals surface area (Å²) in [7, 11) is 0. The summed E-state index contributed by atoms with van der Waals surface area (Å²) in [5, 5.41) is 19.0. The molecule has 4 aliphatic heterocycles. The summed E-state index contributed by atoms with van der Waals surface area (Å²) >= 11 is 3.76. The molecular formula is C44H62Br2F6N6O13. The molecule has 6 rings (SSSR count). The number of amides is 4. The van der Waals surface area contributed by atoms with Gasteiger partial charge in [0.05, 0.1) is 57.4 Å². The zero-order valence-corrected chi connectivity index (χ0v) is 43.0. The molecule has 2 atom stereocenters. The molecule has 71 heavy (non-hydrogen) atoms. The fourth-order valence-corrected chi connectivity index (χ4v) is 6.66. The lowest BCUT2D eigenvalue weighted by Gasteiger charge is -2.24. The first kappa shape index (κ1) is 62.4. The van der Waals surface area contributed by atoms with E-state index in [1.54, 1.807) is 17.2 Å². The number of aliphatic hydroxyl groups excluding tert-OH is 1. The zero-order valence-electron chi connectivity index (χ0n) is 39.9. The van der Waals surface area contributed by atoms with Crippen molar-refractivity contribution >= 4 is 73.0 Å². The Hall–Kier alpha value is -4.73. The van der Waals surface area contributed by atoms with Crippen LogP contribution in [0.2, 0.25) is 0 Å². The van der Waals surface area contributed by atoms with Crippen molar-refractivity contribution in [2.45, 2.75) is 133 Å². The van der Waals surface area contributed by atoms with E-state index in [-0.39, 0.29) is 45.0 Å². The molecule has 4 bridgehead atoms. The number of rotatable bonds is 22. The van der Waals surface area contributed by atoms with E-state index in [9.17, 15) is 55.5 Å². The first-order valence-electron chi connectivity index (χ1n) is 22.9. The topological polar surface area (TPSA) is 228 Å². The molecule has 19 nitrogen and oxygen atoms in total. The molecule has 0 spiro atoms. The Morgan fingerprint density at radius 1 is 0.662 bits per heavy atom. The Labute approximate surface area is 424 Å². The second-order valence-electron chi connectivity index (χ2n) is 15.7. The Bertz CT molecular complexity index is 1970. The van der Waals surface area contributed by atoms with Crippen molar-refractivity contribution < 1.29 is 88.5 Å². The van der Waals surface area contributed by atoms with Gasteiger partial charge in [0.1, 0.15) is 12.5 Å². The smallest absolute Gasteiger partial charge is 0.461 e. The number of hydroxylamine groups is 4. The van der Waals surface area contributed by atoms with Gasteiger partial charge in [-0.3, -0.25) is 5.21 Å². The Morgan fingerprint density at radius 2 is 1.10 bits per heavy atom. The number of hydrogen-bond donors (Lipinski definition) is 2. The number of carbonyl (C=O) groups excluding carboxylic acids is 5. The van der Waals surface area contributed by atoms with Crippen molar-refractivity contribution in [3.63, 3.8) is 0 Å². The standard InChI is InChI=1S/C17H21F2N3O5.C9H9N3O3.C8H13BrF2O2.C6H14O.C4H5BrF2O2/c1-2-3-4-5-7-26-15(23)17(18,19)27-22-13-9-12(14-20-6-8-25-14)10-21(11-13)16(22)24;13-9-11-4-6(8-10-1-2-15-8)3-7(5-11)12(9)14;1-2-3-4-5-6-13-7(12)8(9,10)11;1-2-3-4-5-6-7;1-2-9-3(8)4(5,6)7/h6,8-9,13H,2-5,7,10-11H2,1H3;1-3,7,14H,4-5H2;2-6H2,1H3;7H,2-6H2,1H3;2H2,1H3. The van der Waals surface area contributed by atoms with Crippen LogP contribution in [0, 0.1) is 0 Å². The summed E-state index contributed by atoms with van der Waals surface area (Å²) in [4.78, 5) is 64.1. The van der Waals surface area contributed by atoms with Crippen molar-refractivity contribution in [1.82, 2.24) is 29.9 Å². The van der Waals surface area contributed by atoms with Crippen LogP contribution in [0.1, 0.15) is 117 Å². The molecule has 0 aromatic carbocycles. The summed E-state index contributed by atoms with van der Waals surface area (Å²) < 4.78 is 99.1. The maximum Gasteiger partial charge on any atom is 0.477 e. The van der Waals surface area contributed by atoms with E-state index >= 15 is 0 Å². The monoisotopic (exact) mass is 1150 g/mol. The molecule has 6 heterocycles. The third-order valence-electron chi connectivity index (χ3n) is 9.94. The second kappa shape index (κ2) is 31.7. The van der Waals surface area contributed by atoms with Gasteiger partial charge >= 0.3 is 45.7 Å². The minimum atomic E-state index is -4.25. The minimum absolute atomic E-state index is 0.0416. The Balaban J connectivity index is 0.000000334. The lowest BCUT2D eigenvalue weighted by Crippen LogP contribution is -2.44. The molecule has 2 aromatic heterocycles. The molecule has 27 heteroatoms. The molecule has 0 radical (unpaired) electrons. The summed E-state index contributed by atoms with van der Waals surface area (Å²) in [5.74, 6) is -4.06. The van der Waals surface area contributed by atoms with E-state index in [4.69, 9.17) is 13.9 Å². The van der Waals surface area contributed by atoms with E-state index < -0.39 is 45.8 Å². The minimum Gasteiger partial charge on any atom is -0.461 e. The van der Waals surface area contributed by atoms with Crippen molar-refractivity contribution in [3.8, 4) is 0 Å². The fourth-order valence-electron chi connectivity index (χ4n) is 6.43. The first-order chi connectivity index (χ1) is 33.6. The molecule has 4 aliphatic rings. The molecular weight excluding hydrogens is 1090 g/mol. The SMILES string of the molecule is CCCCCCO.CCCCCCOC(=O)C(F)(F)Br.CCCCCCOC(=O)C(F)(F)ON1C(=O)N2CC(c3ncco3)=CC1C2.CCOC(=O)C(F)(F)Br.O=C1N2CC(c3ncco3)=CC(C2)N1O. The number of aromatic nitrogens is 2. The van der Waals surface area contributed by atoms with Gasteiger partial charge in [0.25, 0.3) is 0 Å². The molecule has 402 valence electrons. The van der Waals surface area contributed by atoms with Crippen LogP contribution in [0.15, 0.2) is 45.9 Å². The van der Waals surface area contributed by atoms with Gasteiger partial charge in [-0.25, -0.2) is 33.9 Å². The van der Waals surface area contributed by atoms with Crippen LogP contribution in [-0.2, 0) is 33.4 Å². The number of nitrogens with zero attached hydrogens (tertiary/aromatic N) is 6. The van der Waals surface area contributed by atoms with Crippen molar-refractivity contribution in [1.29, 1.82) is 0 Å². The predicted octanol–water partition coefficient (Wildman–Crippen LogP) is 9.59. The summed E-state index contributed by atoms with van der Waals surface area (Å²) in [6.07, 6.45) is 16.5. The number of alkyl halides is 8. The first-order valence-corrected chi connectivity index (χ1v) is 24.5. The molecule has 2 N–H and O–H groups in total.